The van der Waals surface area contributed by atoms with Gasteiger partial charge in [-0.3, -0.25) is 0 Å². The number of hydrogen-bond acceptors (Lipinski definition) is 3. The van der Waals surface area contributed by atoms with Crippen LogP contribution in [0.5, 0.6) is 5.75 Å². The van der Waals surface area contributed by atoms with Crippen molar-refractivity contribution in [2.75, 3.05) is 26.7 Å². The molecular weight excluding hydrogens is 317 g/mol. The van der Waals surface area contributed by atoms with Crippen LogP contribution in [0.4, 0.5) is 4.39 Å². The Morgan fingerprint density at radius 2 is 1.80 bits per heavy atom. The van der Waals surface area contributed by atoms with Crippen molar-refractivity contribution >= 4 is 0 Å². The maximum atomic E-state index is 13.0. The molecule has 0 aliphatic carbocycles. The third-order valence-electron chi connectivity index (χ3n) is 5.17. The highest BCUT2D eigenvalue weighted by Crippen LogP contribution is 2.35. The minimum absolute atomic E-state index is 0.185. The van der Waals surface area contributed by atoms with Gasteiger partial charge in [-0.15, -0.1) is 0 Å². The van der Waals surface area contributed by atoms with Gasteiger partial charge < -0.3 is 14.7 Å². The molecule has 1 aliphatic heterocycles. The zero-order chi connectivity index (χ0) is 17.6. The van der Waals surface area contributed by atoms with E-state index in [4.69, 9.17) is 4.74 Å². The van der Waals surface area contributed by atoms with Gasteiger partial charge in [-0.25, -0.2) is 4.39 Å². The number of likely N-dealkylation sites (tertiary alicyclic amines) is 1. The summed E-state index contributed by atoms with van der Waals surface area (Å²) in [5.74, 6) is 0.835. The fraction of sp³-hybridized carbons (Fsp3) is 0.429. The molecule has 0 aromatic heterocycles. The summed E-state index contributed by atoms with van der Waals surface area (Å²) in [5.41, 5.74) is 2.05. The van der Waals surface area contributed by atoms with Crippen molar-refractivity contribution in [2.45, 2.75) is 25.4 Å². The number of ether oxygens (including phenoxy) is 1. The van der Waals surface area contributed by atoms with Crippen LogP contribution in [-0.4, -0.2) is 36.8 Å². The highest BCUT2D eigenvalue weighted by molar-refractivity contribution is 5.35. The summed E-state index contributed by atoms with van der Waals surface area (Å²) < 4.78 is 18.3. The Kier molecular flexibility index (Phi) is 6.05. The van der Waals surface area contributed by atoms with Crippen molar-refractivity contribution < 1.29 is 14.2 Å². The van der Waals surface area contributed by atoms with E-state index in [1.165, 1.54) is 12.1 Å². The van der Waals surface area contributed by atoms with Crippen LogP contribution < -0.4 is 4.74 Å². The number of aliphatic hydroxyl groups excluding tert-OH is 1. The lowest BCUT2D eigenvalue weighted by Crippen LogP contribution is -2.36. The van der Waals surface area contributed by atoms with E-state index in [0.717, 1.165) is 55.8 Å². The molecule has 2 aromatic rings. The highest BCUT2D eigenvalue weighted by atomic mass is 19.1. The fourth-order valence-corrected chi connectivity index (χ4v) is 3.60. The topological polar surface area (TPSA) is 32.7 Å². The molecule has 2 aromatic carbocycles. The molecule has 0 amide bonds. The quantitative estimate of drug-likeness (QED) is 0.865. The van der Waals surface area contributed by atoms with Crippen LogP contribution in [0, 0.1) is 11.7 Å². The first-order valence-electron chi connectivity index (χ1n) is 8.95. The van der Waals surface area contributed by atoms with Crippen molar-refractivity contribution in [3.05, 3.63) is 65.5 Å². The van der Waals surface area contributed by atoms with Crippen LogP contribution in [0.25, 0.3) is 0 Å². The predicted molar refractivity (Wildman–Crippen MR) is 97.2 cm³/mol. The number of rotatable bonds is 6. The number of benzene rings is 2. The van der Waals surface area contributed by atoms with Gasteiger partial charge >= 0.3 is 0 Å². The van der Waals surface area contributed by atoms with Crippen molar-refractivity contribution in [2.24, 2.45) is 5.92 Å². The first kappa shape index (κ1) is 17.9. The molecule has 4 heteroatoms. The number of halogens is 1. The molecule has 0 saturated carbocycles. The minimum Gasteiger partial charge on any atom is -0.496 e. The van der Waals surface area contributed by atoms with E-state index >= 15 is 0 Å². The summed E-state index contributed by atoms with van der Waals surface area (Å²) >= 11 is 0. The second kappa shape index (κ2) is 8.45. The smallest absolute Gasteiger partial charge is 0.124 e. The van der Waals surface area contributed by atoms with Crippen LogP contribution in [0.15, 0.2) is 48.5 Å². The molecular formula is C21H26FNO2. The molecule has 3 rings (SSSR count). The van der Waals surface area contributed by atoms with Gasteiger partial charge in [0.05, 0.1) is 13.2 Å². The lowest BCUT2D eigenvalue weighted by molar-refractivity contribution is 0.0575. The average molecular weight is 343 g/mol. The summed E-state index contributed by atoms with van der Waals surface area (Å²) in [4.78, 5) is 2.43. The number of aliphatic hydroxyl groups is 1. The predicted octanol–water partition coefficient (Wildman–Crippen LogP) is 3.82. The summed E-state index contributed by atoms with van der Waals surface area (Å²) in [7, 11) is 1.64. The number of piperidine rings is 1. The van der Waals surface area contributed by atoms with Gasteiger partial charge in [0.15, 0.2) is 0 Å². The molecule has 0 radical (unpaired) electrons. The van der Waals surface area contributed by atoms with Crippen molar-refractivity contribution in [3.63, 3.8) is 0 Å². The first-order chi connectivity index (χ1) is 12.2. The second-order valence-electron chi connectivity index (χ2n) is 6.74. The van der Waals surface area contributed by atoms with Crippen molar-refractivity contribution in [1.82, 2.24) is 4.90 Å². The van der Waals surface area contributed by atoms with Gasteiger partial charge in [0, 0.05) is 12.1 Å². The largest absolute Gasteiger partial charge is 0.496 e. The van der Waals surface area contributed by atoms with Crippen LogP contribution >= 0.6 is 0 Å². The minimum atomic E-state index is -0.476. The SMILES string of the molecule is COc1ccccc1[C@H](O)C1CCN(CCc2ccc(F)cc2)CC1. The monoisotopic (exact) mass is 343 g/mol. The molecule has 1 saturated heterocycles. The lowest BCUT2D eigenvalue weighted by atomic mass is 9.87. The van der Waals surface area contributed by atoms with E-state index in [1.807, 2.05) is 36.4 Å². The zero-order valence-electron chi connectivity index (χ0n) is 14.7. The molecule has 1 N–H and O–H groups in total. The molecule has 1 heterocycles. The Morgan fingerprint density at radius 1 is 1.12 bits per heavy atom. The highest BCUT2D eigenvalue weighted by Gasteiger charge is 2.27. The molecule has 0 unspecified atom stereocenters. The van der Waals surface area contributed by atoms with Crippen LogP contribution in [0.2, 0.25) is 0 Å². The van der Waals surface area contributed by atoms with Gasteiger partial charge in [0.25, 0.3) is 0 Å². The van der Waals surface area contributed by atoms with Gasteiger partial charge in [0.1, 0.15) is 11.6 Å². The molecule has 3 nitrogen and oxygen atoms in total. The van der Waals surface area contributed by atoms with E-state index in [-0.39, 0.29) is 11.7 Å². The first-order valence-corrected chi connectivity index (χ1v) is 8.95. The molecule has 134 valence electrons. The Hall–Kier alpha value is -1.91. The summed E-state index contributed by atoms with van der Waals surface area (Å²) in [6.07, 6.45) is 2.40. The van der Waals surface area contributed by atoms with Crippen LogP contribution in [0.3, 0.4) is 0 Å². The second-order valence-corrected chi connectivity index (χ2v) is 6.74. The molecule has 1 fully saturated rings. The molecule has 0 bridgehead atoms. The van der Waals surface area contributed by atoms with Gasteiger partial charge in [-0.2, -0.15) is 0 Å². The Morgan fingerprint density at radius 3 is 2.48 bits per heavy atom. The average Bonchev–Trinajstić information content (AvgIpc) is 2.67. The lowest BCUT2D eigenvalue weighted by Gasteiger charge is -2.34. The Bertz CT molecular complexity index is 666. The summed E-state index contributed by atoms with van der Waals surface area (Å²) in [6.45, 7) is 2.94. The zero-order valence-corrected chi connectivity index (χ0v) is 14.7. The molecule has 25 heavy (non-hydrogen) atoms. The van der Waals surface area contributed by atoms with Crippen molar-refractivity contribution in [3.8, 4) is 5.75 Å². The maximum Gasteiger partial charge on any atom is 0.124 e. The number of para-hydroxylation sites is 1. The summed E-state index contributed by atoms with van der Waals surface area (Å²) in [5, 5.41) is 10.7. The number of hydrogen-bond donors (Lipinski definition) is 1. The fourth-order valence-electron chi connectivity index (χ4n) is 3.60. The van der Waals surface area contributed by atoms with Gasteiger partial charge in [-0.05, 0) is 62.0 Å². The van der Waals surface area contributed by atoms with E-state index in [2.05, 4.69) is 4.90 Å². The number of nitrogens with zero attached hydrogens (tertiary/aromatic N) is 1. The Labute approximate surface area is 149 Å². The molecule has 1 aliphatic rings. The van der Waals surface area contributed by atoms with Crippen LogP contribution in [0.1, 0.15) is 30.1 Å². The Balaban J connectivity index is 1.50. The summed E-state index contributed by atoms with van der Waals surface area (Å²) in [6, 6.07) is 14.5. The van der Waals surface area contributed by atoms with E-state index in [1.54, 1.807) is 7.11 Å². The number of methoxy groups -OCH3 is 1. The van der Waals surface area contributed by atoms with E-state index < -0.39 is 6.10 Å². The molecule has 0 spiro atoms. The van der Waals surface area contributed by atoms with Crippen molar-refractivity contribution in [1.29, 1.82) is 0 Å². The maximum absolute atomic E-state index is 13.0. The molecule has 1 atom stereocenters. The standard InChI is InChI=1S/C21H26FNO2/c1-25-20-5-3-2-4-19(20)21(24)17-11-14-23(15-12-17)13-10-16-6-8-18(22)9-7-16/h2-9,17,21,24H,10-15H2,1H3/t21-/m1/s1. The third-order valence-corrected chi connectivity index (χ3v) is 5.17. The third kappa shape index (κ3) is 4.59. The normalized spacial score (nSPS) is 17.4. The van der Waals surface area contributed by atoms with E-state index in [9.17, 15) is 9.50 Å². The van der Waals surface area contributed by atoms with E-state index in [0.29, 0.717) is 0 Å². The van der Waals surface area contributed by atoms with Crippen LogP contribution in [-0.2, 0) is 6.42 Å². The van der Waals surface area contributed by atoms with Gasteiger partial charge in [-0.1, -0.05) is 30.3 Å². The van der Waals surface area contributed by atoms with Gasteiger partial charge in [0.2, 0.25) is 0 Å².